The summed E-state index contributed by atoms with van der Waals surface area (Å²) in [6.45, 7) is -0.0629. The maximum atomic E-state index is 13.8. The molecule has 1 atom stereocenters. The predicted octanol–water partition coefficient (Wildman–Crippen LogP) is 3.96. The number of aromatic carboxylic acids is 1. The molecule has 0 bridgehead atoms. The van der Waals surface area contributed by atoms with E-state index in [1.165, 1.54) is 37.4 Å². The summed E-state index contributed by atoms with van der Waals surface area (Å²) in [5.41, 5.74) is 0.999. The predicted molar refractivity (Wildman–Crippen MR) is 132 cm³/mol. The Kier molecular flexibility index (Phi) is 8.95. The number of anilines is 2. The lowest BCUT2D eigenvalue weighted by Crippen LogP contribution is -2.40. The molecule has 0 heterocycles. The summed E-state index contributed by atoms with van der Waals surface area (Å²) in [6, 6.07) is 15.5. The minimum Gasteiger partial charge on any atom is -0.495 e. The fourth-order valence-electron chi connectivity index (χ4n) is 3.39. The van der Waals surface area contributed by atoms with Gasteiger partial charge in [-0.05, 0) is 49.0 Å². The van der Waals surface area contributed by atoms with Gasteiger partial charge < -0.3 is 30.5 Å². The van der Waals surface area contributed by atoms with Crippen molar-refractivity contribution in [1.29, 1.82) is 0 Å². The summed E-state index contributed by atoms with van der Waals surface area (Å²) in [7, 11) is 3.03. The van der Waals surface area contributed by atoms with Gasteiger partial charge in [-0.2, -0.15) is 0 Å². The monoisotopic (exact) mass is 495 g/mol. The molecule has 3 aromatic carbocycles. The molecule has 0 radical (unpaired) electrons. The standard InChI is InChI=1S/C26H26FN3O6/c1-28-21(15-36-23-10-6-3-7-17(23)25(32)33)22(31)13-16-11-12-20(24(14-16)35-2)30-26(34)29-19-9-5-4-8-18(19)27/h3-12,14,21,28H,13,15H2,1-2H3,(H,32,33)(H2,29,30,34). The Balaban J connectivity index is 1.63. The Morgan fingerprint density at radius 1 is 0.944 bits per heavy atom. The number of urea groups is 1. The van der Waals surface area contributed by atoms with Gasteiger partial charge in [-0.15, -0.1) is 0 Å². The molecule has 188 valence electrons. The molecule has 0 aliphatic carbocycles. The quantitative estimate of drug-likeness (QED) is 0.317. The van der Waals surface area contributed by atoms with Crippen LogP contribution < -0.4 is 25.4 Å². The fourth-order valence-corrected chi connectivity index (χ4v) is 3.39. The highest BCUT2D eigenvalue weighted by Gasteiger charge is 2.20. The van der Waals surface area contributed by atoms with E-state index in [9.17, 15) is 23.9 Å². The summed E-state index contributed by atoms with van der Waals surface area (Å²) in [4.78, 5) is 36.5. The maximum absolute atomic E-state index is 13.8. The number of carboxylic acid groups (broad SMARTS) is 1. The summed E-state index contributed by atoms with van der Waals surface area (Å²) in [5, 5.41) is 17.2. The second-order valence-electron chi connectivity index (χ2n) is 7.69. The number of methoxy groups -OCH3 is 1. The highest BCUT2D eigenvalue weighted by atomic mass is 19.1. The molecule has 1 unspecified atom stereocenters. The van der Waals surface area contributed by atoms with E-state index in [0.29, 0.717) is 17.0 Å². The van der Waals surface area contributed by atoms with Crippen molar-refractivity contribution >= 4 is 29.2 Å². The molecule has 0 aromatic heterocycles. The minimum atomic E-state index is -1.12. The zero-order valence-corrected chi connectivity index (χ0v) is 19.7. The van der Waals surface area contributed by atoms with Gasteiger partial charge in [0.25, 0.3) is 0 Å². The number of ketones is 1. The van der Waals surface area contributed by atoms with E-state index in [0.717, 1.165) is 0 Å². The third-order valence-corrected chi connectivity index (χ3v) is 5.27. The van der Waals surface area contributed by atoms with E-state index < -0.39 is 23.9 Å². The zero-order valence-electron chi connectivity index (χ0n) is 19.7. The number of carboxylic acids is 1. The number of benzene rings is 3. The van der Waals surface area contributed by atoms with Crippen LogP contribution in [0.3, 0.4) is 0 Å². The second kappa shape index (κ2) is 12.3. The molecule has 0 aliphatic rings. The van der Waals surface area contributed by atoms with Crippen LogP contribution in [-0.2, 0) is 11.2 Å². The van der Waals surface area contributed by atoms with Crippen LogP contribution in [-0.4, -0.2) is 49.7 Å². The number of carbonyl (C=O) groups excluding carboxylic acids is 2. The van der Waals surface area contributed by atoms with Crippen LogP contribution in [0.1, 0.15) is 15.9 Å². The van der Waals surface area contributed by atoms with E-state index in [4.69, 9.17) is 9.47 Å². The van der Waals surface area contributed by atoms with Gasteiger partial charge in [0.15, 0.2) is 5.78 Å². The third-order valence-electron chi connectivity index (χ3n) is 5.27. The number of ether oxygens (including phenoxy) is 2. The molecule has 36 heavy (non-hydrogen) atoms. The van der Waals surface area contributed by atoms with E-state index in [-0.39, 0.29) is 35.8 Å². The lowest BCUT2D eigenvalue weighted by Gasteiger charge is -2.18. The average molecular weight is 496 g/mol. The van der Waals surface area contributed by atoms with Crippen molar-refractivity contribution in [2.75, 3.05) is 31.4 Å². The van der Waals surface area contributed by atoms with Gasteiger partial charge in [-0.3, -0.25) is 4.79 Å². The number of rotatable bonds is 11. The highest BCUT2D eigenvalue weighted by molar-refractivity contribution is 6.00. The normalized spacial score (nSPS) is 11.3. The molecule has 10 heteroatoms. The molecule has 0 aliphatic heterocycles. The Morgan fingerprint density at radius 2 is 1.64 bits per heavy atom. The van der Waals surface area contributed by atoms with E-state index >= 15 is 0 Å². The third kappa shape index (κ3) is 6.80. The first kappa shape index (κ1) is 26.2. The first-order valence-corrected chi connectivity index (χ1v) is 11.0. The Hall–Kier alpha value is -4.44. The van der Waals surface area contributed by atoms with Crippen molar-refractivity contribution in [2.45, 2.75) is 12.5 Å². The van der Waals surface area contributed by atoms with E-state index in [1.54, 1.807) is 43.4 Å². The van der Waals surface area contributed by atoms with Gasteiger partial charge in [-0.25, -0.2) is 14.0 Å². The van der Waals surface area contributed by atoms with E-state index in [2.05, 4.69) is 16.0 Å². The number of nitrogens with one attached hydrogen (secondary N) is 3. The SMILES string of the molecule is CNC(COc1ccccc1C(=O)O)C(=O)Cc1ccc(NC(=O)Nc2ccccc2F)c(OC)c1. The molecule has 0 saturated heterocycles. The van der Waals surface area contributed by atoms with Crippen LogP contribution >= 0.6 is 0 Å². The zero-order chi connectivity index (χ0) is 26.1. The van der Waals surface area contributed by atoms with Crippen molar-refractivity contribution in [2.24, 2.45) is 0 Å². The van der Waals surface area contributed by atoms with Crippen LogP contribution in [0.5, 0.6) is 11.5 Å². The Labute approximate surface area is 207 Å². The van der Waals surface area contributed by atoms with Crippen LogP contribution in [0.15, 0.2) is 66.7 Å². The van der Waals surface area contributed by atoms with Gasteiger partial charge in [-0.1, -0.05) is 30.3 Å². The van der Waals surface area contributed by atoms with Crippen LogP contribution in [0.2, 0.25) is 0 Å². The van der Waals surface area contributed by atoms with Crippen LogP contribution in [0, 0.1) is 5.82 Å². The van der Waals surface area contributed by atoms with Gasteiger partial charge in [0.1, 0.15) is 35.5 Å². The number of amides is 2. The van der Waals surface area contributed by atoms with Crippen molar-refractivity contribution in [3.8, 4) is 11.5 Å². The molecule has 4 N–H and O–H groups in total. The number of hydrogen-bond donors (Lipinski definition) is 4. The number of carbonyl (C=O) groups is 3. The molecule has 9 nitrogen and oxygen atoms in total. The summed E-state index contributed by atoms with van der Waals surface area (Å²) < 4.78 is 24.7. The minimum absolute atomic E-state index is 0.00617. The number of halogens is 1. The Morgan fingerprint density at radius 3 is 2.33 bits per heavy atom. The largest absolute Gasteiger partial charge is 0.495 e. The lowest BCUT2D eigenvalue weighted by molar-refractivity contribution is -0.121. The first-order valence-electron chi connectivity index (χ1n) is 11.0. The fraction of sp³-hybridized carbons (Fsp3) is 0.192. The maximum Gasteiger partial charge on any atom is 0.339 e. The summed E-state index contributed by atoms with van der Waals surface area (Å²) in [6.07, 6.45) is 0.0352. The van der Waals surface area contributed by atoms with Crippen molar-refractivity contribution in [3.05, 3.63) is 83.7 Å². The first-order chi connectivity index (χ1) is 17.3. The average Bonchev–Trinajstić information content (AvgIpc) is 2.86. The van der Waals surface area contributed by atoms with Gasteiger partial charge in [0.05, 0.1) is 18.5 Å². The molecule has 3 aromatic rings. The van der Waals surface area contributed by atoms with Crippen molar-refractivity contribution in [1.82, 2.24) is 5.32 Å². The summed E-state index contributed by atoms with van der Waals surface area (Å²) >= 11 is 0. The Bertz CT molecular complexity index is 1250. The van der Waals surface area contributed by atoms with Crippen LogP contribution in [0.25, 0.3) is 0 Å². The molecule has 0 fully saturated rings. The van der Waals surface area contributed by atoms with Gasteiger partial charge in [0, 0.05) is 6.42 Å². The smallest absolute Gasteiger partial charge is 0.339 e. The lowest BCUT2D eigenvalue weighted by atomic mass is 10.0. The molecule has 0 spiro atoms. The van der Waals surface area contributed by atoms with Crippen molar-refractivity contribution in [3.63, 3.8) is 0 Å². The summed E-state index contributed by atoms with van der Waals surface area (Å²) in [5.74, 6) is -1.39. The van der Waals surface area contributed by atoms with E-state index in [1.807, 2.05) is 0 Å². The molecule has 3 rings (SSSR count). The molecular formula is C26H26FN3O6. The molecule has 2 amide bonds. The highest BCUT2D eigenvalue weighted by Crippen LogP contribution is 2.27. The van der Waals surface area contributed by atoms with Crippen molar-refractivity contribution < 1.29 is 33.4 Å². The van der Waals surface area contributed by atoms with Crippen LogP contribution in [0.4, 0.5) is 20.6 Å². The second-order valence-corrected chi connectivity index (χ2v) is 7.69. The molecular weight excluding hydrogens is 469 g/mol. The number of hydrogen-bond acceptors (Lipinski definition) is 6. The topological polar surface area (TPSA) is 126 Å². The number of Topliss-reactive ketones (excluding diaryl/α,β-unsaturated/α-hetero) is 1. The van der Waals surface area contributed by atoms with Gasteiger partial charge in [0.2, 0.25) is 0 Å². The number of para-hydroxylation sites is 2. The number of likely N-dealkylation sites (N-methyl/N-ethyl adjacent to an activating group) is 1. The molecule has 0 saturated carbocycles. The van der Waals surface area contributed by atoms with Gasteiger partial charge >= 0.3 is 12.0 Å².